The van der Waals surface area contributed by atoms with Crippen LogP contribution in [0.5, 0.6) is 11.5 Å². The maximum absolute atomic E-state index is 13.1. The van der Waals surface area contributed by atoms with Crippen molar-refractivity contribution in [3.63, 3.8) is 0 Å². The summed E-state index contributed by atoms with van der Waals surface area (Å²) in [5, 5.41) is 13.5. The first-order valence-corrected chi connectivity index (χ1v) is 12.8. The van der Waals surface area contributed by atoms with Crippen molar-refractivity contribution in [3.8, 4) is 11.5 Å². The number of nitrogens with one attached hydrogen (secondary N) is 1. The predicted octanol–water partition coefficient (Wildman–Crippen LogP) is 2.80. The minimum atomic E-state index is -0.0751. The Morgan fingerprint density at radius 1 is 0.971 bits per heavy atom. The van der Waals surface area contributed by atoms with Gasteiger partial charge in [0.2, 0.25) is 0 Å². The zero-order chi connectivity index (χ0) is 23.6. The lowest BCUT2D eigenvalue weighted by molar-refractivity contribution is 0.0893. The Hall–Kier alpha value is -2.98. The highest BCUT2D eigenvalue weighted by Gasteiger charge is 2.26. The molecule has 3 aliphatic rings. The molecule has 0 unspecified atom stereocenters. The van der Waals surface area contributed by atoms with Gasteiger partial charge in [0.25, 0.3) is 5.56 Å². The van der Waals surface area contributed by atoms with E-state index in [1.54, 1.807) is 0 Å². The van der Waals surface area contributed by atoms with Crippen LogP contribution in [0.3, 0.4) is 0 Å². The number of nitrogens with zero attached hydrogens (tertiary/aromatic N) is 5. The topological polar surface area (TPSA) is 107 Å². The van der Waals surface area contributed by atoms with E-state index in [2.05, 4.69) is 25.4 Å². The molecule has 1 saturated carbocycles. The monoisotopic (exact) mass is 480 g/mol. The molecule has 4 heterocycles. The summed E-state index contributed by atoms with van der Waals surface area (Å²) in [6, 6.07) is 6.19. The molecule has 186 valence electrons. The Kier molecular flexibility index (Phi) is 6.39. The average molecular weight is 481 g/mol. The maximum Gasteiger partial charge on any atom is 0.252 e. The number of aromatic nitrogens is 5. The number of tetrazole rings is 1. The first-order valence-electron chi connectivity index (χ1n) is 12.8. The van der Waals surface area contributed by atoms with Crippen molar-refractivity contribution in [2.45, 2.75) is 76.7 Å². The Morgan fingerprint density at radius 3 is 2.60 bits per heavy atom. The predicted molar refractivity (Wildman–Crippen MR) is 128 cm³/mol. The quantitative estimate of drug-likeness (QED) is 0.550. The third-order valence-electron chi connectivity index (χ3n) is 7.40. The lowest BCUT2D eigenvalue weighted by Crippen LogP contribution is -2.38. The summed E-state index contributed by atoms with van der Waals surface area (Å²) in [6.07, 6.45) is 8.22. The van der Waals surface area contributed by atoms with Crippen LogP contribution in [0.15, 0.2) is 23.0 Å². The highest BCUT2D eigenvalue weighted by Crippen LogP contribution is 2.34. The van der Waals surface area contributed by atoms with Crippen LogP contribution in [0.4, 0.5) is 0 Å². The van der Waals surface area contributed by atoms with Crippen LogP contribution >= 0.6 is 0 Å². The lowest BCUT2D eigenvalue weighted by atomic mass is 9.93. The molecule has 2 aromatic heterocycles. The maximum atomic E-state index is 13.1. The number of ether oxygens (including phenoxy) is 3. The summed E-state index contributed by atoms with van der Waals surface area (Å²) in [4.78, 5) is 18.5. The Labute approximate surface area is 203 Å². The minimum absolute atomic E-state index is 0.0751. The first kappa shape index (κ1) is 22.5. The van der Waals surface area contributed by atoms with E-state index in [4.69, 9.17) is 14.2 Å². The largest absolute Gasteiger partial charge is 0.486 e. The molecule has 0 bridgehead atoms. The molecule has 3 aromatic rings. The van der Waals surface area contributed by atoms with E-state index in [0.29, 0.717) is 44.6 Å². The summed E-state index contributed by atoms with van der Waals surface area (Å²) in [7, 11) is 0. The molecular weight excluding hydrogens is 448 g/mol. The number of hydrogen-bond donors (Lipinski definition) is 1. The van der Waals surface area contributed by atoms with Crippen molar-refractivity contribution >= 4 is 10.9 Å². The molecule has 2 aliphatic heterocycles. The molecule has 1 saturated heterocycles. The van der Waals surface area contributed by atoms with Gasteiger partial charge in [0.05, 0.1) is 24.7 Å². The summed E-state index contributed by atoms with van der Waals surface area (Å²) in [6.45, 7) is 3.67. The minimum Gasteiger partial charge on any atom is -0.486 e. The molecule has 10 nitrogen and oxygen atoms in total. The second-order valence-corrected chi connectivity index (χ2v) is 9.82. The van der Waals surface area contributed by atoms with E-state index >= 15 is 0 Å². The van der Waals surface area contributed by atoms with Crippen LogP contribution in [0, 0.1) is 0 Å². The van der Waals surface area contributed by atoms with Gasteiger partial charge in [-0.25, -0.2) is 4.68 Å². The normalized spacial score (nSPS) is 20.7. The van der Waals surface area contributed by atoms with Crippen molar-refractivity contribution < 1.29 is 14.2 Å². The van der Waals surface area contributed by atoms with E-state index in [9.17, 15) is 4.79 Å². The lowest BCUT2D eigenvalue weighted by Gasteiger charge is -2.34. The molecule has 10 heteroatoms. The van der Waals surface area contributed by atoms with Crippen molar-refractivity contribution in [3.05, 3.63) is 39.9 Å². The Morgan fingerprint density at radius 2 is 1.80 bits per heavy atom. The first-order chi connectivity index (χ1) is 17.2. The molecule has 1 atom stereocenters. The molecular formula is C25H32N6O4. The average Bonchev–Trinajstić information content (AvgIpc) is 3.56. The van der Waals surface area contributed by atoms with E-state index < -0.39 is 0 Å². The zero-order valence-electron chi connectivity index (χ0n) is 19.9. The fraction of sp³-hybridized carbons (Fsp3) is 0.600. The van der Waals surface area contributed by atoms with Gasteiger partial charge in [0.15, 0.2) is 17.3 Å². The number of benzene rings is 1. The number of pyridine rings is 1. The number of hydrogen-bond acceptors (Lipinski definition) is 8. The van der Waals surface area contributed by atoms with Crippen molar-refractivity contribution in [1.29, 1.82) is 0 Å². The van der Waals surface area contributed by atoms with Gasteiger partial charge < -0.3 is 19.2 Å². The van der Waals surface area contributed by atoms with E-state index in [0.717, 1.165) is 60.3 Å². The van der Waals surface area contributed by atoms with E-state index in [1.807, 2.05) is 22.9 Å². The number of rotatable bonds is 7. The van der Waals surface area contributed by atoms with Gasteiger partial charge in [0.1, 0.15) is 13.2 Å². The van der Waals surface area contributed by atoms with Crippen LogP contribution in [0.1, 0.15) is 56.3 Å². The van der Waals surface area contributed by atoms with Crippen LogP contribution in [0.25, 0.3) is 10.9 Å². The van der Waals surface area contributed by atoms with Gasteiger partial charge in [-0.2, -0.15) is 0 Å². The van der Waals surface area contributed by atoms with Gasteiger partial charge in [-0.05, 0) is 48.2 Å². The van der Waals surface area contributed by atoms with Gasteiger partial charge in [-0.15, -0.1) is 5.10 Å². The third kappa shape index (κ3) is 4.90. The van der Waals surface area contributed by atoms with Crippen molar-refractivity contribution in [2.24, 2.45) is 0 Å². The Balaban J connectivity index is 1.28. The molecule has 0 amide bonds. The molecule has 0 spiro atoms. The SMILES string of the molecule is O=c1[nH]c2cc3c(cc2cc1CN(Cc1nnnn1C[C@@H]1CCCO1)C1CCCCC1)OCCO3. The van der Waals surface area contributed by atoms with Crippen LogP contribution in [-0.2, 0) is 24.4 Å². The van der Waals surface area contributed by atoms with Crippen molar-refractivity contribution in [2.75, 3.05) is 19.8 Å². The second-order valence-electron chi connectivity index (χ2n) is 9.82. The standard InChI is InChI=1S/C25H32N6O4/c32-25-18(11-17-12-22-23(13-21(17)26-25)35-10-9-34-22)14-30(19-5-2-1-3-6-19)16-24-27-28-29-31(24)15-20-7-4-8-33-20/h11-13,19-20H,1-10,14-16H2,(H,26,32)/t20-/m0/s1. The smallest absolute Gasteiger partial charge is 0.252 e. The molecule has 2 fully saturated rings. The summed E-state index contributed by atoms with van der Waals surface area (Å²) < 4.78 is 19.1. The number of H-pyrrole nitrogens is 1. The second kappa shape index (κ2) is 9.94. The highest BCUT2D eigenvalue weighted by molar-refractivity contribution is 5.83. The van der Waals surface area contributed by atoms with Crippen LogP contribution < -0.4 is 15.0 Å². The number of aromatic amines is 1. The zero-order valence-corrected chi connectivity index (χ0v) is 19.9. The summed E-state index contributed by atoms with van der Waals surface area (Å²) >= 11 is 0. The van der Waals surface area contributed by atoms with E-state index in [-0.39, 0.29) is 11.7 Å². The van der Waals surface area contributed by atoms with Gasteiger partial charge >= 0.3 is 0 Å². The highest BCUT2D eigenvalue weighted by atomic mass is 16.6. The van der Waals surface area contributed by atoms with Gasteiger partial charge in [-0.3, -0.25) is 9.69 Å². The van der Waals surface area contributed by atoms with Crippen molar-refractivity contribution in [1.82, 2.24) is 30.1 Å². The van der Waals surface area contributed by atoms with Crippen LogP contribution in [0.2, 0.25) is 0 Å². The van der Waals surface area contributed by atoms with Gasteiger partial charge in [0, 0.05) is 36.2 Å². The number of fused-ring (bicyclic) bond motifs is 2. The summed E-state index contributed by atoms with van der Waals surface area (Å²) in [5.74, 6) is 2.22. The van der Waals surface area contributed by atoms with Gasteiger partial charge in [-0.1, -0.05) is 19.3 Å². The van der Waals surface area contributed by atoms with E-state index in [1.165, 1.54) is 19.3 Å². The molecule has 1 aromatic carbocycles. The fourth-order valence-electron chi connectivity index (χ4n) is 5.53. The fourth-order valence-corrected chi connectivity index (χ4v) is 5.53. The molecule has 1 N–H and O–H groups in total. The van der Waals surface area contributed by atoms with Crippen LogP contribution in [-0.4, -0.2) is 62.1 Å². The summed E-state index contributed by atoms with van der Waals surface area (Å²) in [5.41, 5.74) is 1.42. The Bertz CT molecular complexity index is 1230. The molecule has 6 rings (SSSR count). The molecule has 1 aliphatic carbocycles. The molecule has 35 heavy (non-hydrogen) atoms. The molecule has 0 radical (unpaired) electrons. The third-order valence-corrected chi connectivity index (χ3v) is 7.40.